The van der Waals surface area contributed by atoms with Crippen molar-refractivity contribution in [1.29, 1.82) is 0 Å². The maximum Gasteiger partial charge on any atom is 0.416 e. The Morgan fingerprint density at radius 2 is 1.73 bits per heavy atom. The second-order valence-electron chi connectivity index (χ2n) is 4.01. The van der Waals surface area contributed by atoms with Crippen molar-refractivity contribution >= 4 is 0 Å². The molecule has 0 spiro atoms. The number of nitrogens with two attached hydrogens (primary N) is 1. The van der Waals surface area contributed by atoms with Crippen LogP contribution in [0.3, 0.4) is 0 Å². The third-order valence-corrected chi connectivity index (χ3v) is 2.88. The van der Waals surface area contributed by atoms with Crippen LogP contribution in [0.1, 0.15) is 29.9 Å². The average molecular weight is 215 g/mol. The van der Waals surface area contributed by atoms with Gasteiger partial charge in [0.25, 0.3) is 0 Å². The predicted molar refractivity (Wildman–Crippen MR) is 51.4 cm³/mol. The van der Waals surface area contributed by atoms with Crippen molar-refractivity contribution in [2.75, 3.05) is 0 Å². The molecule has 1 fully saturated rings. The first-order valence-electron chi connectivity index (χ1n) is 4.90. The average Bonchev–Trinajstić information content (AvgIpc) is 2.12. The first-order chi connectivity index (χ1) is 6.98. The molecule has 4 heteroatoms. The summed E-state index contributed by atoms with van der Waals surface area (Å²) in [6.45, 7) is 0. The highest BCUT2D eigenvalue weighted by Crippen LogP contribution is 2.42. The highest BCUT2D eigenvalue weighted by molar-refractivity contribution is 5.34. The molecule has 15 heavy (non-hydrogen) atoms. The summed E-state index contributed by atoms with van der Waals surface area (Å²) in [7, 11) is 0. The van der Waals surface area contributed by atoms with Crippen molar-refractivity contribution in [3.8, 4) is 0 Å². The number of rotatable bonds is 1. The second-order valence-corrected chi connectivity index (χ2v) is 4.01. The van der Waals surface area contributed by atoms with E-state index in [0.717, 1.165) is 6.07 Å². The Morgan fingerprint density at radius 1 is 1.13 bits per heavy atom. The zero-order chi connectivity index (χ0) is 11.1. The molecule has 82 valence electrons. The first-order valence-corrected chi connectivity index (χ1v) is 4.90. The Bertz CT molecular complexity index is 353. The molecule has 1 aromatic rings. The van der Waals surface area contributed by atoms with Crippen molar-refractivity contribution in [1.82, 2.24) is 0 Å². The van der Waals surface area contributed by atoms with E-state index in [2.05, 4.69) is 0 Å². The fourth-order valence-corrected chi connectivity index (χ4v) is 2.03. The molecular weight excluding hydrogens is 203 g/mol. The molecule has 0 aliphatic heterocycles. The van der Waals surface area contributed by atoms with Crippen LogP contribution in [0.5, 0.6) is 0 Å². The van der Waals surface area contributed by atoms with E-state index in [9.17, 15) is 13.2 Å². The summed E-state index contributed by atoms with van der Waals surface area (Å²) in [6.07, 6.45) is -2.93. The molecule has 0 heterocycles. The van der Waals surface area contributed by atoms with Crippen molar-refractivity contribution < 1.29 is 13.2 Å². The molecule has 0 atom stereocenters. The van der Waals surface area contributed by atoms with Crippen LogP contribution in [-0.4, -0.2) is 6.04 Å². The van der Waals surface area contributed by atoms with Crippen molar-refractivity contribution in [2.45, 2.75) is 31.0 Å². The van der Waals surface area contributed by atoms with Crippen LogP contribution < -0.4 is 5.73 Å². The van der Waals surface area contributed by atoms with E-state index >= 15 is 0 Å². The first kappa shape index (κ1) is 10.5. The van der Waals surface area contributed by atoms with E-state index in [1.165, 1.54) is 6.07 Å². The molecule has 1 aliphatic rings. The number of hydrogen-bond acceptors (Lipinski definition) is 1. The second kappa shape index (κ2) is 3.52. The van der Waals surface area contributed by atoms with Crippen molar-refractivity contribution in [3.63, 3.8) is 0 Å². The van der Waals surface area contributed by atoms with Gasteiger partial charge in [0, 0.05) is 6.04 Å². The van der Waals surface area contributed by atoms with Crippen LogP contribution in [0, 0.1) is 0 Å². The quantitative estimate of drug-likeness (QED) is 0.765. The van der Waals surface area contributed by atoms with Gasteiger partial charge in [-0.05, 0) is 30.4 Å². The lowest BCUT2D eigenvalue weighted by Crippen LogP contribution is -2.35. The van der Waals surface area contributed by atoms with Gasteiger partial charge in [0.2, 0.25) is 0 Å². The molecule has 2 N–H and O–H groups in total. The minimum Gasteiger partial charge on any atom is -0.328 e. The van der Waals surface area contributed by atoms with Crippen LogP contribution in [0.4, 0.5) is 13.2 Å². The Labute approximate surface area is 86.1 Å². The van der Waals surface area contributed by atoms with Crippen LogP contribution in [-0.2, 0) is 6.18 Å². The maximum absolute atomic E-state index is 12.6. The summed E-state index contributed by atoms with van der Waals surface area (Å²) in [4.78, 5) is 0. The number of alkyl halides is 3. The monoisotopic (exact) mass is 215 g/mol. The van der Waals surface area contributed by atoms with E-state index in [4.69, 9.17) is 5.73 Å². The van der Waals surface area contributed by atoms with Gasteiger partial charge in [-0.2, -0.15) is 13.2 Å². The van der Waals surface area contributed by atoms with Crippen LogP contribution in [0.2, 0.25) is 0 Å². The van der Waals surface area contributed by atoms with E-state index in [1.54, 1.807) is 12.1 Å². The molecule has 0 saturated heterocycles. The van der Waals surface area contributed by atoms with E-state index in [0.29, 0.717) is 18.4 Å². The molecule has 1 aromatic carbocycles. The third-order valence-electron chi connectivity index (χ3n) is 2.88. The highest BCUT2D eigenvalue weighted by Gasteiger charge is 2.37. The molecule has 1 saturated carbocycles. The normalized spacial score (nSPS) is 26.1. The summed E-state index contributed by atoms with van der Waals surface area (Å²) in [5.74, 6) is -0.0159. The van der Waals surface area contributed by atoms with Gasteiger partial charge in [-0.25, -0.2) is 0 Å². The Hall–Kier alpha value is -1.03. The van der Waals surface area contributed by atoms with Crippen LogP contribution in [0.15, 0.2) is 24.3 Å². The number of hydrogen-bond donors (Lipinski definition) is 1. The summed E-state index contributed by atoms with van der Waals surface area (Å²) in [5.41, 5.74) is 5.47. The van der Waals surface area contributed by atoms with Gasteiger partial charge in [-0.3, -0.25) is 0 Å². The maximum atomic E-state index is 12.6. The topological polar surface area (TPSA) is 26.0 Å². The summed E-state index contributed by atoms with van der Waals surface area (Å²) in [5, 5.41) is 0. The molecular formula is C11H12F3N. The van der Waals surface area contributed by atoms with E-state index in [-0.39, 0.29) is 12.0 Å². The number of halogens is 3. The smallest absolute Gasteiger partial charge is 0.328 e. The fourth-order valence-electron chi connectivity index (χ4n) is 2.03. The van der Waals surface area contributed by atoms with Gasteiger partial charge in [0.05, 0.1) is 5.56 Å². The van der Waals surface area contributed by atoms with Crippen molar-refractivity contribution in [2.24, 2.45) is 5.73 Å². The summed E-state index contributed by atoms with van der Waals surface area (Å²) < 4.78 is 37.9. The Kier molecular flexibility index (Phi) is 2.46. The SMILES string of the molecule is NC1CC(c2ccccc2C(F)(F)F)C1. The Morgan fingerprint density at radius 3 is 2.27 bits per heavy atom. The van der Waals surface area contributed by atoms with Crippen LogP contribution in [0.25, 0.3) is 0 Å². The molecule has 1 aliphatic carbocycles. The minimum absolute atomic E-state index is 0.0159. The van der Waals surface area contributed by atoms with Crippen molar-refractivity contribution in [3.05, 3.63) is 35.4 Å². The van der Waals surface area contributed by atoms with E-state index < -0.39 is 11.7 Å². The predicted octanol–water partition coefficient (Wildman–Crippen LogP) is 2.91. The van der Waals surface area contributed by atoms with Gasteiger partial charge < -0.3 is 5.73 Å². The lowest BCUT2D eigenvalue weighted by molar-refractivity contribution is -0.138. The fraction of sp³-hybridized carbons (Fsp3) is 0.455. The summed E-state index contributed by atoms with van der Waals surface area (Å²) in [6, 6.07) is 5.83. The molecule has 0 aromatic heterocycles. The molecule has 0 bridgehead atoms. The standard InChI is InChI=1S/C11H12F3N/c12-11(13,14)10-4-2-1-3-9(10)7-5-8(15)6-7/h1-4,7-8H,5-6,15H2. The lowest BCUT2D eigenvalue weighted by Gasteiger charge is -2.34. The zero-order valence-electron chi connectivity index (χ0n) is 8.09. The number of benzene rings is 1. The van der Waals surface area contributed by atoms with Gasteiger partial charge in [0.1, 0.15) is 0 Å². The van der Waals surface area contributed by atoms with Gasteiger partial charge in [0.15, 0.2) is 0 Å². The van der Waals surface area contributed by atoms with Gasteiger partial charge in [-0.15, -0.1) is 0 Å². The largest absolute Gasteiger partial charge is 0.416 e. The summed E-state index contributed by atoms with van der Waals surface area (Å²) >= 11 is 0. The highest BCUT2D eigenvalue weighted by atomic mass is 19.4. The lowest BCUT2D eigenvalue weighted by atomic mass is 9.75. The molecule has 1 nitrogen and oxygen atoms in total. The van der Waals surface area contributed by atoms with Gasteiger partial charge in [-0.1, -0.05) is 18.2 Å². The minimum atomic E-state index is -4.25. The third kappa shape index (κ3) is 2.00. The van der Waals surface area contributed by atoms with Gasteiger partial charge >= 0.3 is 6.18 Å². The molecule has 0 unspecified atom stereocenters. The molecule has 2 rings (SSSR count). The van der Waals surface area contributed by atoms with Crippen LogP contribution >= 0.6 is 0 Å². The molecule has 0 radical (unpaired) electrons. The Balaban J connectivity index is 2.31. The van der Waals surface area contributed by atoms with E-state index in [1.807, 2.05) is 0 Å². The molecule has 0 amide bonds. The zero-order valence-corrected chi connectivity index (χ0v) is 8.09.